The molecule has 8 heteroatoms. The van der Waals surface area contributed by atoms with Gasteiger partial charge in [0.2, 0.25) is 0 Å². The van der Waals surface area contributed by atoms with E-state index in [1.54, 1.807) is 0 Å². The number of allylic oxidation sites excluding steroid dienone is 2. The fraction of sp³-hybridized carbons (Fsp3) is 0.893. The van der Waals surface area contributed by atoms with Gasteiger partial charge in [0.25, 0.3) is 0 Å². The topological polar surface area (TPSA) is 121 Å². The molecule has 10 atom stereocenters. The number of aliphatic hydroxyl groups is 2. The van der Waals surface area contributed by atoms with E-state index in [9.17, 15) is 23.4 Å². The summed E-state index contributed by atoms with van der Waals surface area (Å²) in [7, 11) is -4.53. The van der Waals surface area contributed by atoms with Crippen LogP contribution in [0.5, 0.6) is 0 Å². The monoisotopic (exact) mass is 526 g/mol. The van der Waals surface area contributed by atoms with E-state index < -0.39 is 28.2 Å². The first-order chi connectivity index (χ1) is 16.5. The average molecular weight is 527 g/mol. The Hall–Kier alpha value is -0.800. The van der Waals surface area contributed by atoms with Gasteiger partial charge in [-0.15, -0.1) is 0 Å². The van der Waals surface area contributed by atoms with Crippen LogP contribution in [0.25, 0.3) is 0 Å². The molecule has 3 N–H and O–H groups in total. The third-order valence-corrected chi connectivity index (χ3v) is 11.6. The summed E-state index contributed by atoms with van der Waals surface area (Å²) in [5.74, 6) is 0.718. The van der Waals surface area contributed by atoms with Crippen molar-refractivity contribution in [1.29, 1.82) is 0 Å². The van der Waals surface area contributed by atoms with Crippen LogP contribution >= 0.6 is 0 Å². The highest BCUT2D eigenvalue weighted by atomic mass is 32.3. The van der Waals surface area contributed by atoms with Crippen molar-refractivity contribution < 1.29 is 32.2 Å². The number of carbonyl (C=O) groups is 1. The minimum atomic E-state index is -4.53. The summed E-state index contributed by atoms with van der Waals surface area (Å²) in [5, 5.41) is 23.0. The Morgan fingerprint density at radius 1 is 1.17 bits per heavy atom. The van der Waals surface area contributed by atoms with Gasteiger partial charge in [-0.05, 0) is 92.3 Å². The lowest BCUT2D eigenvalue weighted by Gasteiger charge is -2.58. The molecule has 0 aliphatic heterocycles. The van der Waals surface area contributed by atoms with E-state index in [4.69, 9.17) is 8.74 Å². The van der Waals surface area contributed by atoms with Crippen molar-refractivity contribution in [1.82, 2.24) is 0 Å². The maximum atomic E-state index is 12.9. The molecule has 0 amide bonds. The predicted octanol–water partition coefficient (Wildman–Crippen LogP) is 4.73. The fourth-order valence-corrected chi connectivity index (χ4v) is 9.34. The minimum absolute atomic E-state index is 0.0117. The van der Waals surface area contributed by atoms with Crippen LogP contribution in [0.15, 0.2) is 11.6 Å². The maximum Gasteiger partial charge on any atom is 0.397 e. The zero-order valence-electron chi connectivity index (χ0n) is 22.7. The first-order valence-corrected chi connectivity index (χ1v) is 15.2. The molecule has 0 saturated heterocycles. The van der Waals surface area contributed by atoms with E-state index in [2.05, 4.69) is 19.9 Å². The second-order valence-corrected chi connectivity index (χ2v) is 14.5. The quantitative estimate of drug-likeness (QED) is 0.324. The number of hydrogen-bond donors (Lipinski definition) is 3. The summed E-state index contributed by atoms with van der Waals surface area (Å²) < 4.78 is 36.6. The van der Waals surface area contributed by atoms with Gasteiger partial charge in [-0.3, -0.25) is 9.35 Å². The molecule has 0 bridgehead atoms. The Kier molecular flexibility index (Phi) is 7.40. The van der Waals surface area contributed by atoms with Gasteiger partial charge in [0, 0.05) is 12.3 Å². The van der Waals surface area contributed by atoms with Crippen LogP contribution in [0.1, 0.15) is 92.9 Å². The van der Waals surface area contributed by atoms with Crippen LogP contribution in [-0.2, 0) is 19.4 Å². The van der Waals surface area contributed by atoms with Crippen molar-refractivity contribution in [3.63, 3.8) is 0 Å². The van der Waals surface area contributed by atoms with Crippen molar-refractivity contribution in [2.75, 3.05) is 0 Å². The summed E-state index contributed by atoms with van der Waals surface area (Å²) in [6, 6.07) is 0. The van der Waals surface area contributed by atoms with Crippen LogP contribution in [0.2, 0.25) is 0 Å². The average Bonchev–Trinajstić information content (AvgIpc) is 3.11. The highest BCUT2D eigenvalue weighted by molar-refractivity contribution is 7.80. The lowest BCUT2D eigenvalue weighted by molar-refractivity contribution is -0.134. The number of fused-ring (bicyclic) bond motifs is 5. The second-order valence-electron chi connectivity index (χ2n) is 13.5. The van der Waals surface area contributed by atoms with Crippen molar-refractivity contribution in [3.05, 3.63) is 11.6 Å². The van der Waals surface area contributed by atoms with Crippen LogP contribution < -0.4 is 0 Å². The molecule has 4 aliphatic rings. The Bertz CT molecular complexity index is 1000. The van der Waals surface area contributed by atoms with Gasteiger partial charge in [-0.1, -0.05) is 46.3 Å². The van der Waals surface area contributed by atoms with Crippen molar-refractivity contribution in [3.8, 4) is 0 Å². The number of hydrogen-bond acceptors (Lipinski definition) is 6. The Morgan fingerprint density at radius 3 is 2.44 bits per heavy atom. The highest BCUT2D eigenvalue weighted by Gasteiger charge is 2.61. The molecule has 7 nitrogen and oxygen atoms in total. The molecule has 206 valence electrons. The number of Topliss-reactive ketones (excluding diaryl/α,β-unsaturated/α-hetero) is 1. The van der Waals surface area contributed by atoms with Crippen LogP contribution in [0.3, 0.4) is 0 Å². The number of aliphatic hydroxyl groups excluding tert-OH is 1. The van der Waals surface area contributed by atoms with E-state index in [1.165, 1.54) is 5.57 Å². The molecule has 0 heterocycles. The molecule has 0 aromatic rings. The van der Waals surface area contributed by atoms with Crippen molar-refractivity contribution in [2.24, 2.45) is 46.3 Å². The number of ketones is 1. The largest absolute Gasteiger partial charge is 0.397 e. The summed E-state index contributed by atoms with van der Waals surface area (Å²) in [6.45, 7) is 12.3. The molecule has 4 rings (SSSR count). The van der Waals surface area contributed by atoms with E-state index >= 15 is 0 Å². The van der Waals surface area contributed by atoms with Crippen LogP contribution in [-0.4, -0.2) is 46.8 Å². The predicted molar refractivity (Wildman–Crippen MR) is 137 cm³/mol. The molecule has 0 aromatic carbocycles. The Labute approximate surface area is 217 Å². The summed E-state index contributed by atoms with van der Waals surface area (Å²) >= 11 is 0. The minimum Gasteiger partial charge on any atom is -0.393 e. The maximum absolute atomic E-state index is 12.9. The molecule has 0 radical (unpaired) electrons. The molecule has 3 unspecified atom stereocenters. The van der Waals surface area contributed by atoms with Gasteiger partial charge >= 0.3 is 10.4 Å². The second kappa shape index (κ2) is 9.44. The smallest absolute Gasteiger partial charge is 0.393 e. The zero-order valence-corrected chi connectivity index (χ0v) is 23.6. The Balaban J connectivity index is 1.57. The fourth-order valence-electron chi connectivity index (χ4n) is 8.83. The number of carbonyl (C=O) groups excluding carboxylic acids is 1. The van der Waals surface area contributed by atoms with Crippen LogP contribution in [0.4, 0.5) is 0 Å². The molecule has 3 fully saturated rings. The summed E-state index contributed by atoms with van der Waals surface area (Å²) in [6.07, 6.45) is 6.22. The molecule has 4 aliphatic carbocycles. The molecular weight excluding hydrogens is 480 g/mol. The lowest BCUT2D eigenvalue weighted by atomic mass is 9.47. The molecular formula is C28H46O7S. The molecule has 3 saturated carbocycles. The van der Waals surface area contributed by atoms with Gasteiger partial charge in [0.05, 0.1) is 17.8 Å². The van der Waals surface area contributed by atoms with E-state index in [-0.39, 0.29) is 52.6 Å². The summed E-state index contributed by atoms with van der Waals surface area (Å²) in [5.41, 5.74) is -0.0884. The van der Waals surface area contributed by atoms with Crippen molar-refractivity contribution in [2.45, 2.75) is 111 Å². The van der Waals surface area contributed by atoms with E-state index in [1.807, 2.05) is 27.7 Å². The lowest BCUT2D eigenvalue weighted by Crippen LogP contribution is -2.55. The first-order valence-electron chi connectivity index (χ1n) is 13.8. The molecule has 36 heavy (non-hydrogen) atoms. The highest BCUT2D eigenvalue weighted by Crippen LogP contribution is 2.67. The normalized spacial score (nSPS) is 43.1. The van der Waals surface area contributed by atoms with Gasteiger partial charge in [0.1, 0.15) is 5.78 Å². The standard InChI is InChI=1S/C28H46O7S/c1-16(2)17(3)24(30)15-28(6,31)25-8-7-20-19-14-23(29)22-13-18(35-36(32,33)34)9-11-26(22,4)21(19)10-12-27(20,25)5/h10,16-20,22-23,25,29,31H,7-9,11-15H2,1-6H3,(H,32,33,34)/t17-,18-,19?,20?,22?,23-,25-,26+,27-,28-/m0/s1. The number of rotatable bonds is 7. The third kappa shape index (κ3) is 4.86. The Morgan fingerprint density at radius 2 is 1.83 bits per heavy atom. The van der Waals surface area contributed by atoms with Crippen LogP contribution in [0, 0.1) is 46.3 Å². The SMILES string of the molecule is CC(C)[C@H](C)C(=O)C[C@](C)(O)[C@H]1CCC2C3C[C@H](O)C4C[C@@H](OS(=O)(=O)O)CC[C@]4(C)C3=CC[C@@]21C. The molecule has 0 spiro atoms. The first kappa shape index (κ1) is 28.2. The molecule has 0 aromatic heterocycles. The van der Waals surface area contributed by atoms with Gasteiger partial charge < -0.3 is 10.2 Å². The van der Waals surface area contributed by atoms with Gasteiger partial charge in [0.15, 0.2) is 0 Å². The van der Waals surface area contributed by atoms with Gasteiger partial charge in [-0.2, -0.15) is 8.42 Å². The van der Waals surface area contributed by atoms with E-state index in [0.29, 0.717) is 31.6 Å². The van der Waals surface area contributed by atoms with Crippen molar-refractivity contribution >= 4 is 16.2 Å². The van der Waals surface area contributed by atoms with Gasteiger partial charge in [-0.25, -0.2) is 4.18 Å². The third-order valence-electron chi connectivity index (χ3n) is 11.0. The van der Waals surface area contributed by atoms with E-state index in [0.717, 1.165) is 19.3 Å². The zero-order chi connectivity index (χ0) is 26.8. The summed E-state index contributed by atoms with van der Waals surface area (Å²) in [4.78, 5) is 12.9.